The first-order valence-electron chi connectivity index (χ1n) is 4.21. The van der Waals surface area contributed by atoms with Gasteiger partial charge in [0.25, 0.3) is 0 Å². The molecule has 0 saturated heterocycles. The fraction of sp³-hybridized carbons (Fsp3) is 0.300. The standard InChI is InChI=1S/C10H11BrO3/c1-6(2)14-10(13)7-4-3-5-8(12)9(7)11/h3-6,12H,1-2H3. The smallest absolute Gasteiger partial charge is 0.339 e. The van der Waals surface area contributed by atoms with E-state index in [4.69, 9.17) is 4.74 Å². The highest BCUT2D eigenvalue weighted by atomic mass is 79.9. The molecule has 0 saturated carbocycles. The van der Waals surface area contributed by atoms with Crippen LogP contribution in [0.1, 0.15) is 24.2 Å². The number of carbonyl (C=O) groups is 1. The monoisotopic (exact) mass is 258 g/mol. The van der Waals surface area contributed by atoms with E-state index in [2.05, 4.69) is 15.9 Å². The maximum atomic E-state index is 11.5. The maximum Gasteiger partial charge on any atom is 0.339 e. The van der Waals surface area contributed by atoms with Crippen LogP contribution in [-0.2, 0) is 4.74 Å². The molecular formula is C10H11BrO3. The zero-order valence-electron chi connectivity index (χ0n) is 7.95. The van der Waals surface area contributed by atoms with Gasteiger partial charge in [0.15, 0.2) is 0 Å². The first-order chi connectivity index (χ1) is 6.52. The summed E-state index contributed by atoms with van der Waals surface area (Å²) in [6, 6.07) is 4.68. The molecule has 1 aromatic carbocycles. The SMILES string of the molecule is CC(C)OC(=O)c1cccc(O)c1Br. The van der Waals surface area contributed by atoms with Gasteiger partial charge in [-0.15, -0.1) is 0 Å². The van der Waals surface area contributed by atoms with Crippen molar-refractivity contribution in [2.45, 2.75) is 20.0 Å². The zero-order valence-corrected chi connectivity index (χ0v) is 9.54. The van der Waals surface area contributed by atoms with Crippen molar-refractivity contribution in [3.8, 4) is 5.75 Å². The number of phenols is 1. The van der Waals surface area contributed by atoms with Crippen LogP contribution in [0.4, 0.5) is 0 Å². The van der Waals surface area contributed by atoms with E-state index in [0.29, 0.717) is 10.0 Å². The van der Waals surface area contributed by atoms with E-state index < -0.39 is 5.97 Å². The molecule has 0 aromatic heterocycles. The zero-order chi connectivity index (χ0) is 10.7. The summed E-state index contributed by atoms with van der Waals surface area (Å²) in [5, 5.41) is 9.33. The minimum Gasteiger partial charge on any atom is -0.507 e. The second kappa shape index (κ2) is 4.46. The summed E-state index contributed by atoms with van der Waals surface area (Å²) in [4.78, 5) is 11.5. The molecule has 1 N–H and O–H groups in total. The van der Waals surface area contributed by atoms with Crippen molar-refractivity contribution in [2.75, 3.05) is 0 Å². The largest absolute Gasteiger partial charge is 0.507 e. The van der Waals surface area contributed by atoms with E-state index in [0.717, 1.165) is 0 Å². The fourth-order valence-corrected chi connectivity index (χ4v) is 1.38. The van der Waals surface area contributed by atoms with Crippen molar-refractivity contribution >= 4 is 21.9 Å². The van der Waals surface area contributed by atoms with Gasteiger partial charge in [-0.05, 0) is 41.9 Å². The van der Waals surface area contributed by atoms with Gasteiger partial charge in [0.05, 0.1) is 16.1 Å². The maximum absolute atomic E-state index is 11.5. The predicted octanol–water partition coefficient (Wildman–Crippen LogP) is 2.72. The third-order valence-corrected chi connectivity index (χ3v) is 2.37. The van der Waals surface area contributed by atoms with E-state index in [-0.39, 0.29) is 11.9 Å². The first-order valence-corrected chi connectivity index (χ1v) is 5.00. The Morgan fingerprint density at radius 1 is 1.50 bits per heavy atom. The molecular weight excluding hydrogens is 248 g/mol. The van der Waals surface area contributed by atoms with Crippen molar-refractivity contribution in [3.63, 3.8) is 0 Å². The fourth-order valence-electron chi connectivity index (χ4n) is 0.955. The Labute approximate surface area is 90.8 Å². The van der Waals surface area contributed by atoms with Crippen LogP contribution in [0.15, 0.2) is 22.7 Å². The summed E-state index contributed by atoms with van der Waals surface area (Å²) in [5.41, 5.74) is 0.332. The molecule has 0 aliphatic heterocycles. The normalized spacial score (nSPS) is 10.3. The number of phenolic OH excluding ortho intramolecular Hbond substituents is 1. The lowest BCUT2D eigenvalue weighted by molar-refractivity contribution is 0.0376. The van der Waals surface area contributed by atoms with Gasteiger partial charge in [-0.2, -0.15) is 0 Å². The number of rotatable bonds is 2. The Morgan fingerprint density at radius 2 is 2.14 bits per heavy atom. The molecule has 14 heavy (non-hydrogen) atoms. The van der Waals surface area contributed by atoms with Crippen LogP contribution in [0, 0.1) is 0 Å². The molecule has 4 heteroatoms. The number of halogens is 1. The molecule has 0 atom stereocenters. The van der Waals surface area contributed by atoms with Crippen molar-refractivity contribution in [1.82, 2.24) is 0 Å². The summed E-state index contributed by atoms with van der Waals surface area (Å²) < 4.78 is 5.36. The predicted molar refractivity (Wildman–Crippen MR) is 56.4 cm³/mol. The van der Waals surface area contributed by atoms with Crippen LogP contribution in [0.25, 0.3) is 0 Å². The first kappa shape index (κ1) is 11.0. The van der Waals surface area contributed by atoms with Gasteiger partial charge in [0, 0.05) is 0 Å². The lowest BCUT2D eigenvalue weighted by Crippen LogP contribution is -2.12. The third-order valence-electron chi connectivity index (χ3n) is 1.54. The summed E-state index contributed by atoms with van der Waals surface area (Å²) in [5.74, 6) is -0.411. The number of hydrogen-bond acceptors (Lipinski definition) is 3. The van der Waals surface area contributed by atoms with E-state index >= 15 is 0 Å². The molecule has 1 rings (SSSR count). The summed E-state index contributed by atoms with van der Waals surface area (Å²) in [6.45, 7) is 3.54. The average Bonchev–Trinajstić information content (AvgIpc) is 2.08. The molecule has 0 aliphatic rings. The van der Waals surface area contributed by atoms with Gasteiger partial charge in [0.1, 0.15) is 5.75 Å². The average molecular weight is 259 g/mol. The van der Waals surface area contributed by atoms with Crippen molar-refractivity contribution in [1.29, 1.82) is 0 Å². The number of esters is 1. The number of hydrogen-bond donors (Lipinski definition) is 1. The molecule has 3 nitrogen and oxygen atoms in total. The molecule has 0 spiro atoms. The minimum atomic E-state index is -0.442. The lowest BCUT2D eigenvalue weighted by Gasteiger charge is -2.09. The Hall–Kier alpha value is -1.03. The quantitative estimate of drug-likeness (QED) is 0.830. The van der Waals surface area contributed by atoms with Crippen molar-refractivity contribution < 1.29 is 14.6 Å². The molecule has 0 unspecified atom stereocenters. The Bertz CT molecular complexity index is 347. The van der Waals surface area contributed by atoms with E-state index in [9.17, 15) is 9.90 Å². The van der Waals surface area contributed by atoms with Crippen molar-refractivity contribution in [2.24, 2.45) is 0 Å². The third kappa shape index (κ3) is 2.48. The molecule has 76 valence electrons. The van der Waals surface area contributed by atoms with E-state index in [1.165, 1.54) is 6.07 Å². The Kier molecular flexibility index (Phi) is 3.52. The van der Waals surface area contributed by atoms with Crippen LogP contribution in [0.5, 0.6) is 5.75 Å². The van der Waals surface area contributed by atoms with Gasteiger partial charge in [-0.25, -0.2) is 4.79 Å². The second-order valence-electron chi connectivity index (χ2n) is 3.09. The van der Waals surface area contributed by atoms with Gasteiger partial charge in [-0.1, -0.05) is 6.07 Å². The van der Waals surface area contributed by atoms with E-state index in [1.54, 1.807) is 26.0 Å². The molecule has 0 radical (unpaired) electrons. The van der Waals surface area contributed by atoms with Crippen LogP contribution in [0.3, 0.4) is 0 Å². The molecule has 0 aliphatic carbocycles. The topological polar surface area (TPSA) is 46.5 Å². The lowest BCUT2D eigenvalue weighted by atomic mass is 10.2. The molecule has 0 heterocycles. The van der Waals surface area contributed by atoms with Crippen LogP contribution in [0.2, 0.25) is 0 Å². The summed E-state index contributed by atoms with van der Waals surface area (Å²) in [7, 11) is 0. The summed E-state index contributed by atoms with van der Waals surface area (Å²) in [6.07, 6.45) is -0.170. The minimum absolute atomic E-state index is 0.0307. The van der Waals surface area contributed by atoms with Crippen molar-refractivity contribution in [3.05, 3.63) is 28.2 Å². The van der Waals surface area contributed by atoms with Gasteiger partial charge in [0.2, 0.25) is 0 Å². The summed E-state index contributed by atoms with van der Waals surface area (Å²) >= 11 is 3.12. The highest BCUT2D eigenvalue weighted by Crippen LogP contribution is 2.27. The van der Waals surface area contributed by atoms with Gasteiger partial charge < -0.3 is 9.84 Å². The molecule has 0 amide bonds. The number of aromatic hydroxyl groups is 1. The van der Waals surface area contributed by atoms with Gasteiger partial charge >= 0.3 is 5.97 Å². The van der Waals surface area contributed by atoms with Crippen LogP contribution in [-0.4, -0.2) is 17.2 Å². The second-order valence-corrected chi connectivity index (χ2v) is 3.89. The number of carbonyl (C=O) groups excluding carboxylic acids is 1. The highest BCUT2D eigenvalue weighted by molar-refractivity contribution is 9.10. The van der Waals surface area contributed by atoms with Crippen LogP contribution >= 0.6 is 15.9 Å². The Balaban J connectivity index is 2.96. The molecule has 0 bridgehead atoms. The Morgan fingerprint density at radius 3 is 2.71 bits per heavy atom. The van der Waals surface area contributed by atoms with Gasteiger partial charge in [-0.3, -0.25) is 0 Å². The number of ether oxygens (including phenoxy) is 1. The number of benzene rings is 1. The highest BCUT2D eigenvalue weighted by Gasteiger charge is 2.14. The molecule has 0 fully saturated rings. The van der Waals surface area contributed by atoms with Crippen LogP contribution < -0.4 is 0 Å². The van der Waals surface area contributed by atoms with E-state index in [1.807, 2.05) is 0 Å². The molecule has 1 aromatic rings.